The Balaban J connectivity index is 2.21. The van der Waals surface area contributed by atoms with E-state index < -0.39 is 0 Å². The van der Waals surface area contributed by atoms with Crippen LogP contribution in [0.1, 0.15) is 39.2 Å². The summed E-state index contributed by atoms with van der Waals surface area (Å²) < 4.78 is 1.21. The van der Waals surface area contributed by atoms with E-state index in [0.717, 1.165) is 6.42 Å². The van der Waals surface area contributed by atoms with Crippen molar-refractivity contribution in [3.05, 3.63) is 28.2 Å². The SMILES string of the molecule is CC(N)Cc1ccc(N2CCCC2C(C)C)c(Br)c1. The molecule has 1 saturated heterocycles. The topological polar surface area (TPSA) is 29.3 Å². The lowest BCUT2D eigenvalue weighted by Gasteiger charge is -2.30. The zero-order valence-corrected chi connectivity index (χ0v) is 13.8. The lowest BCUT2D eigenvalue weighted by atomic mass is 10.0. The fraction of sp³-hybridized carbons (Fsp3) is 0.625. The van der Waals surface area contributed by atoms with Gasteiger partial charge in [0.15, 0.2) is 0 Å². The lowest BCUT2D eigenvalue weighted by molar-refractivity contribution is 0.491. The molecule has 0 amide bonds. The number of hydrogen-bond donors (Lipinski definition) is 1. The molecular formula is C16H25BrN2. The molecule has 2 unspecified atom stereocenters. The quantitative estimate of drug-likeness (QED) is 0.908. The summed E-state index contributed by atoms with van der Waals surface area (Å²) in [6.45, 7) is 7.87. The molecule has 0 spiro atoms. The van der Waals surface area contributed by atoms with Gasteiger partial charge in [0.05, 0.1) is 5.69 Å². The maximum atomic E-state index is 5.87. The minimum Gasteiger partial charge on any atom is -0.367 e. The Bertz CT molecular complexity index is 429. The van der Waals surface area contributed by atoms with Crippen molar-refractivity contribution < 1.29 is 0 Å². The molecule has 1 aromatic rings. The largest absolute Gasteiger partial charge is 0.367 e. The minimum atomic E-state index is 0.216. The van der Waals surface area contributed by atoms with E-state index in [4.69, 9.17) is 5.73 Å². The fourth-order valence-electron chi connectivity index (χ4n) is 3.07. The van der Waals surface area contributed by atoms with E-state index in [1.807, 2.05) is 0 Å². The zero-order chi connectivity index (χ0) is 14.0. The van der Waals surface area contributed by atoms with Gasteiger partial charge in [-0.25, -0.2) is 0 Å². The molecule has 0 aromatic heterocycles. The van der Waals surface area contributed by atoms with E-state index in [1.165, 1.54) is 35.1 Å². The van der Waals surface area contributed by atoms with Crippen LogP contribution in [0.3, 0.4) is 0 Å². The van der Waals surface area contributed by atoms with Crippen molar-refractivity contribution in [2.75, 3.05) is 11.4 Å². The highest BCUT2D eigenvalue weighted by Crippen LogP contribution is 2.35. The van der Waals surface area contributed by atoms with Crippen LogP contribution in [0.2, 0.25) is 0 Å². The smallest absolute Gasteiger partial charge is 0.0513 e. The molecule has 106 valence electrons. The summed E-state index contributed by atoms with van der Waals surface area (Å²) >= 11 is 3.74. The van der Waals surface area contributed by atoms with Gasteiger partial charge in [0.25, 0.3) is 0 Å². The predicted molar refractivity (Wildman–Crippen MR) is 86.7 cm³/mol. The van der Waals surface area contributed by atoms with Gasteiger partial charge in [-0.2, -0.15) is 0 Å². The second kappa shape index (κ2) is 6.27. The maximum Gasteiger partial charge on any atom is 0.0513 e. The van der Waals surface area contributed by atoms with Crippen LogP contribution in [0, 0.1) is 5.92 Å². The Morgan fingerprint density at radius 3 is 2.68 bits per heavy atom. The number of nitrogens with two attached hydrogens (primary N) is 1. The molecule has 0 saturated carbocycles. The van der Waals surface area contributed by atoms with Crippen LogP contribution in [0.15, 0.2) is 22.7 Å². The first-order chi connectivity index (χ1) is 8.99. The van der Waals surface area contributed by atoms with Crippen LogP contribution in [0.4, 0.5) is 5.69 Å². The second-order valence-corrected chi connectivity index (χ2v) is 6.97. The van der Waals surface area contributed by atoms with E-state index in [0.29, 0.717) is 12.0 Å². The van der Waals surface area contributed by atoms with Crippen molar-refractivity contribution in [1.82, 2.24) is 0 Å². The molecule has 19 heavy (non-hydrogen) atoms. The molecule has 2 N–H and O–H groups in total. The molecule has 2 nitrogen and oxygen atoms in total. The highest BCUT2D eigenvalue weighted by atomic mass is 79.9. The first-order valence-electron chi connectivity index (χ1n) is 7.29. The number of nitrogens with zero attached hydrogens (tertiary/aromatic N) is 1. The molecule has 2 rings (SSSR count). The van der Waals surface area contributed by atoms with Crippen molar-refractivity contribution in [1.29, 1.82) is 0 Å². The highest BCUT2D eigenvalue weighted by molar-refractivity contribution is 9.10. The van der Waals surface area contributed by atoms with Crippen molar-refractivity contribution in [3.63, 3.8) is 0 Å². The highest BCUT2D eigenvalue weighted by Gasteiger charge is 2.28. The minimum absolute atomic E-state index is 0.216. The van der Waals surface area contributed by atoms with Crippen LogP contribution < -0.4 is 10.6 Å². The van der Waals surface area contributed by atoms with E-state index in [9.17, 15) is 0 Å². The average Bonchev–Trinajstić information content (AvgIpc) is 2.77. The molecule has 1 fully saturated rings. The van der Waals surface area contributed by atoms with Gasteiger partial charge >= 0.3 is 0 Å². The molecule has 1 aliphatic rings. The lowest BCUT2D eigenvalue weighted by Crippen LogP contribution is -2.33. The van der Waals surface area contributed by atoms with Crippen LogP contribution >= 0.6 is 15.9 Å². The van der Waals surface area contributed by atoms with E-state index in [2.05, 4.69) is 59.8 Å². The molecule has 0 radical (unpaired) electrons. The van der Waals surface area contributed by atoms with Crippen molar-refractivity contribution in [2.24, 2.45) is 11.7 Å². The molecule has 3 heteroatoms. The third kappa shape index (κ3) is 3.51. The van der Waals surface area contributed by atoms with Gasteiger partial charge in [0.2, 0.25) is 0 Å². The molecule has 1 heterocycles. The molecule has 0 aliphatic carbocycles. The standard InChI is InChI=1S/C16H25BrN2/c1-11(2)15-5-4-8-19(15)16-7-6-13(9-12(3)18)10-14(16)17/h6-7,10-12,15H,4-5,8-9,18H2,1-3H3. The Morgan fingerprint density at radius 1 is 1.37 bits per heavy atom. The number of halogens is 1. The van der Waals surface area contributed by atoms with Crippen molar-refractivity contribution in [3.8, 4) is 0 Å². The molecule has 2 atom stereocenters. The van der Waals surface area contributed by atoms with Gasteiger partial charge in [0, 0.05) is 23.1 Å². The van der Waals surface area contributed by atoms with Gasteiger partial charge in [-0.05, 0) is 65.7 Å². The molecule has 1 aromatic carbocycles. The Morgan fingerprint density at radius 2 is 2.11 bits per heavy atom. The van der Waals surface area contributed by atoms with Crippen LogP contribution in [0.5, 0.6) is 0 Å². The van der Waals surface area contributed by atoms with Crippen LogP contribution in [-0.4, -0.2) is 18.6 Å². The predicted octanol–water partition coefficient (Wildman–Crippen LogP) is 3.96. The fourth-order valence-corrected chi connectivity index (χ4v) is 3.72. The normalized spacial score (nSPS) is 21.2. The summed E-state index contributed by atoms with van der Waals surface area (Å²) in [4.78, 5) is 2.56. The van der Waals surface area contributed by atoms with Crippen LogP contribution in [-0.2, 0) is 6.42 Å². The summed E-state index contributed by atoms with van der Waals surface area (Å²) in [5, 5.41) is 0. The summed E-state index contributed by atoms with van der Waals surface area (Å²) in [5.41, 5.74) is 8.52. The van der Waals surface area contributed by atoms with Gasteiger partial charge in [-0.1, -0.05) is 19.9 Å². The monoisotopic (exact) mass is 324 g/mol. The Labute approximate surface area is 125 Å². The number of rotatable bonds is 4. The third-order valence-electron chi connectivity index (χ3n) is 3.95. The Hall–Kier alpha value is -0.540. The van der Waals surface area contributed by atoms with E-state index in [-0.39, 0.29) is 6.04 Å². The zero-order valence-electron chi connectivity index (χ0n) is 12.2. The Kier molecular flexibility index (Phi) is 4.91. The third-order valence-corrected chi connectivity index (χ3v) is 4.58. The molecular weight excluding hydrogens is 300 g/mol. The van der Waals surface area contributed by atoms with Gasteiger partial charge < -0.3 is 10.6 Å². The average molecular weight is 325 g/mol. The van der Waals surface area contributed by atoms with E-state index in [1.54, 1.807) is 0 Å². The first-order valence-corrected chi connectivity index (χ1v) is 8.09. The van der Waals surface area contributed by atoms with Gasteiger partial charge in [0.1, 0.15) is 0 Å². The van der Waals surface area contributed by atoms with Crippen molar-refractivity contribution >= 4 is 21.6 Å². The number of hydrogen-bond acceptors (Lipinski definition) is 2. The summed E-state index contributed by atoms with van der Waals surface area (Å²) in [7, 11) is 0. The van der Waals surface area contributed by atoms with Gasteiger partial charge in [-0.15, -0.1) is 0 Å². The number of benzene rings is 1. The first kappa shape index (κ1) is 14.9. The maximum absolute atomic E-state index is 5.87. The second-order valence-electron chi connectivity index (χ2n) is 6.11. The van der Waals surface area contributed by atoms with Gasteiger partial charge in [-0.3, -0.25) is 0 Å². The number of anilines is 1. The van der Waals surface area contributed by atoms with Crippen molar-refractivity contribution in [2.45, 2.75) is 52.1 Å². The molecule has 0 bridgehead atoms. The van der Waals surface area contributed by atoms with E-state index >= 15 is 0 Å². The van der Waals surface area contributed by atoms with Crippen LogP contribution in [0.25, 0.3) is 0 Å². The summed E-state index contributed by atoms with van der Waals surface area (Å²) in [6, 6.07) is 7.60. The summed E-state index contributed by atoms with van der Waals surface area (Å²) in [5.74, 6) is 0.707. The molecule has 1 aliphatic heterocycles. The summed E-state index contributed by atoms with van der Waals surface area (Å²) in [6.07, 6.45) is 3.55.